The average Bonchev–Trinajstić information content (AvgIpc) is 3.52. The van der Waals surface area contributed by atoms with Crippen molar-refractivity contribution < 1.29 is 59.8 Å². The molecule has 0 radical (unpaired) electrons. The number of nitrogens with zero attached hydrogens (tertiary/aromatic N) is 5. The van der Waals surface area contributed by atoms with Gasteiger partial charge in [-0.15, -0.1) is 16.0 Å². The number of fused-ring (bicyclic) bond motifs is 1. The van der Waals surface area contributed by atoms with Gasteiger partial charge in [-0.1, -0.05) is 5.16 Å². The summed E-state index contributed by atoms with van der Waals surface area (Å²) in [6, 6.07) is 3.16. The van der Waals surface area contributed by atoms with Crippen molar-refractivity contribution in [1.29, 1.82) is 0 Å². The number of aliphatic carboxylic acids is 1. The Bertz CT molecular complexity index is 1810. The second kappa shape index (κ2) is 12.7. The first-order valence-corrected chi connectivity index (χ1v) is 15.2. The zero-order valence-electron chi connectivity index (χ0n) is 24.2. The molecule has 2 amide bonds. The number of hydrogen-bond donors (Lipinski definition) is 4. The number of carbonyl (C=O) groups excluding carboxylic acids is 2. The Morgan fingerprint density at radius 3 is 2.63 bits per heavy atom. The summed E-state index contributed by atoms with van der Waals surface area (Å²) in [5.41, 5.74) is 9.13. The quantitative estimate of drug-likeness (QED) is 0.0390. The predicted molar refractivity (Wildman–Crippen MR) is 152 cm³/mol. The van der Waals surface area contributed by atoms with Crippen LogP contribution in [0.5, 0.6) is 5.75 Å². The van der Waals surface area contributed by atoms with Gasteiger partial charge in [-0.05, 0) is 32.0 Å². The van der Waals surface area contributed by atoms with E-state index >= 15 is 0 Å². The number of ether oxygens (including phenoxy) is 1. The molecule has 1 fully saturated rings. The lowest BCUT2D eigenvalue weighted by molar-refractivity contribution is -0.783. The standard InChI is InChI=1S/C24H28F2N8O10S2/c1-23(2)18(20(36)34(23)44-46(39,40)41)30-19(35)17(14-9-45-22(28)29-14)31-43-16(21(37)38)8-42-13-4-5-15-12(6-13)7-33(32(15)3)11-24(25,26)10-27/h4-7,9,16,18H,8,10-11,27H2,1-3H3,(H4-,28,29,30,35,37,38,39,40,41)/b31-17-/t16-,18?/m0/s1. The lowest BCUT2D eigenvalue weighted by atomic mass is 9.84. The number of nitrogens with two attached hydrogens (primary N) is 2. The van der Waals surface area contributed by atoms with Crippen LogP contribution >= 0.6 is 11.3 Å². The molecule has 1 aromatic carbocycles. The zero-order valence-corrected chi connectivity index (χ0v) is 25.9. The number of anilines is 1. The van der Waals surface area contributed by atoms with Gasteiger partial charge >= 0.3 is 11.9 Å². The predicted octanol–water partition coefficient (Wildman–Crippen LogP) is -1.15. The van der Waals surface area contributed by atoms with Crippen molar-refractivity contribution in [3.63, 3.8) is 0 Å². The number of halogens is 2. The number of rotatable bonds is 14. The number of benzene rings is 1. The lowest BCUT2D eigenvalue weighted by Crippen LogP contribution is -2.76. The van der Waals surface area contributed by atoms with Gasteiger partial charge in [0.2, 0.25) is 23.1 Å². The first kappa shape index (κ1) is 34.4. The van der Waals surface area contributed by atoms with E-state index in [-0.39, 0.29) is 21.6 Å². The molecule has 1 aliphatic heterocycles. The second-order valence-corrected chi connectivity index (χ2v) is 12.3. The van der Waals surface area contributed by atoms with Crippen LogP contribution in [0.25, 0.3) is 10.9 Å². The van der Waals surface area contributed by atoms with Crippen LogP contribution in [0.3, 0.4) is 0 Å². The van der Waals surface area contributed by atoms with Gasteiger partial charge in [0.1, 0.15) is 29.6 Å². The maximum atomic E-state index is 13.9. The number of nitrogen functional groups attached to an aromatic ring is 1. The van der Waals surface area contributed by atoms with Crippen LogP contribution in [-0.2, 0) is 47.5 Å². The van der Waals surface area contributed by atoms with E-state index in [2.05, 4.69) is 19.7 Å². The van der Waals surface area contributed by atoms with Gasteiger partial charge in [-0.25, -0.2) is 18.2 Å². The molecule has 1 saturated heterocycles. The van der Waals surface area contributed by atoms with E-state index in [0.717, 1.165) is 11.3 Å². The van der Waals surface area contributed by atoms with Crippen molar-refractivity contribution in [3.05, 3.63) is 35.5 Å². The van der Waals surface area contributed by atoms with Gasteiger partial charge in [0.15, 0.2) is 10.8 Å². The number of alkyl halides is 2. The minimum atomic E-state index is -5.29. The van der Waals surface area contributed by atoms with Crippen molar-refractivity contribution in [2.75, 3.05) is 18.9 Å². The highest BCUT2D eigenvalue weighted by Gasteiger charge is 2.57. The highest BCUT2D eigenvalue weighted by Crippen LogP contribution is 2.33. The molecular weight excluding hydrogens is 662 g/mol. The fourth-order valence-electron chi connectivity index (χ4n) is 4.31. The van der Waals surface area contributed by atoms with E-state index in [0.29, 0.717) is 10.9 Å². The van der Waals surface area contributed by atoms with Crippen LogP contribution in [0.4, 0.5) is 13.9 Å². The molecule has 2 atom stereocenters. The average molecular weight is 691 g/mol. The molecular formula is C24H28F2N8O10S2. The van der Waals surface area contributed by atoms with Crippen LogP contribution in [0.2, 0.25) is 0 Å². The summed E-state index contributed by atoms with van der Waals surface area (Å²) in [5, 5.41) is 17.8. The molecule has 2 aromatic heterocycles. The SMILES string of the molecule is Cn1c2ccc(OC[C@H](O/N=C(\C(=O)NC3C(=O)N(OS(=O)(=O)[O-])C3(C)C)c3csc(N)n3)C(=O)O)cc2c[n+]1CC(F)(F)CN. The number of carboxylic acids is 1. The number of β-lactam (4-membered cyclic amide) rings is 1. The summed E-state index contributed by atoms with van der Waals surface area (Å²) in [7, 11) is -3.72. The fourth-order valence-corrected chi connectivity index (χ4v) is 5.31. The van der Waals surface area contributed by atoms with E-state index < -0.39 is 77.2 Å². The molecule has 0 bridgehead atoms. The van der Waals surface area contributed by atoms with Crippen LogP contribution < -0.4 is 26.2 Å². The molecule has 6 N–H and O–H groups in total. The number of nitrogens with one attached hydrogen (secondary N) is 1. The smallest absolute Gasteiger partial charge is 0.351 e. The Balaban J connectivity index is 1.50. The molecule has 18 nitrogen and oxygen atoms in total. The minimum Gasteiger partial charge on any atom is -0.724 e. The molecule has 3 heterocycles. The van der Waals surface area contributed by atoms with Gasteiger partial charge in [-0.2, -0.15) is 22.8 Å². The van der Waals surface area contributed by atoms with Crippen LogP contribution in [0.1, 0.15) is 19.5 Å². The number of aromatic nitrogens is 3. The van der Waals surface area contributed by atoms with E-state index in [4.69, 9.17) is 21.0 Å². The van der Waals surface area contributed by atoms with Crippen molar-refractivity contribution in [2.45, 2.75) is 44.0 Å². The van der Waals surface area contributed by atoms with Crippen molar-refractivity contribution in [2.24, 2.45) is 17.9 Å². The molecule has 1 aliphatic rings. The van der Waals surface area contributed by atoms with E-state index in [1.54, 1.807) is 13.1 Å². The number of carbonyl (C=O) groups is 3. The molecule has 46 heavy (non-hydrogen) atoms. The highest BCUT2D eigenvalue weighted by atomic mass is 32.3. The second-order valence-electron chi connectivity index (χ2n) is 10.5. The number of oxime groups is 1. The zero-order chi connectivity index (χ0) is 34.2. The molecule has 0 aliphatic carbocycles. The normalized spacial score (nSPS) is 17.5. The van der Waals surface area contributed by atoms with Gasteiger partial charge in [0.05, 0.1) is 24.5 Å². The first-order chi connectivity index (χ1) is 21.3. The third-order valence-electron chi connectivity index (χ3n) is 6.76. The fraction of sp³-hybridized carbons (Fsp3) is 0.417. The number of aryl methyl sites for hydroxylation is 1. The first-order valence-electron chi connectivity index (χ1n) is 13.0. The van der Waals surface area contributed by atoms with Crippen LogP contribution in [0.15, 0.2) is 34.9 Å². The van der Waals surface area contributed by atoms with Crippen molar-refractivity contribution in [3.8, 4) is 5.75 Å². The largest absolute Gasteiger partial charge is 0.724 e. The lowest BCUT2D eigenvalue weighted by Gasteiger charge is -2.51. The maximum Gasteiger partial charge on any atom is 0.351 e. The Morgan fingerprint density at radius 1 is 1.37 bits per heavy atom. The monoisotopic (exact) mass is 690 g/mol. The van der Waals surface area contributed by atoms with Gasteiger partial charge in [-0.3, -0.25) is 9.59 Å². The topological polar surface area (TPSA) is 258 Å². The van der Waals surface area contributed by atoms with E-state index in [9.17, 15) is 41.2 Å². The summed E-state index contributed by atoms with van der Waals surface area (Å²) in [5.74, 6) is -6.67. The summed E-state index contributed by atoms with van der Waals surface area (Å²) in [4.78, 5) is 46.6. The Kier molecular flexibility index (Phi) is 9.49. The van der Waals surface area contributed by atoms with Crippen molar-refractivity contribution in [1.82, 2.24) is 20.0 Å². The number of thiazole rings is 1. The Labute approximate surface area is 263 Å². The molecule has 3 aromatic rings. The van der Waals surface area contributed by atoms with E-state index in [1.165, 1.54) is 46.9 Å². The summed E-state index contributed by atoms with van der Waals surface area (Å²) < 4.78 is 73.1. The number of carboxylic acid groups (broad SMARTS) is 1. The maximum absolute atomic E-state index is 13.9. The summed E-state index contributed by atoms with van der Waals surface area (Å²) >= 11 is 0.913. The number of hydroxylamine groups is 2. The van der Waals surface area contributed by atoms with Crippen LogP contribution in [0, 0.1) is 0 Å². The molecule has 0 spiro atoms. The molecule has 22 heteroatoms. The minimum absolute atomic E-state index is 0.0123. The van der Waals surface area contributed by atoms with Gasteiger partial charge in [0.25, 0.3) is 17.9 Å². The number of amides is 2. The van der Waals surface area contributed by atoms with Crippen LogP contribution in [-0.4, -0.2) is 93.1 Å². The molecule has 0 saturated carbocycles. The third kappa shape index (κ3) is 7.47. The number of hydrogen-bond acceptors (Lipinski definition) is 14. The Morgan fingerprint density at radius 2 is 2.07 bits per heavy atom. The highest BCUT2D eigenvalue weighted by molar-refractivity contribution is 7.80. The summed E-state index contributed by atoms with van der Waals surface area (Å²) in [6.07, 6.45) is -0.337. The van der Waals surface area contributed by atoms with Gasteiger partial charge < -0.3 is 36.0 Å². The molecule has 1 unspecified atom stereocenters. The Hall–Kier alpha value is -4.51. The van der Waals surface area contributed by atoms with E-state index in [1.807, 2.05) is 0 Å². The van der Waals surface area contributed by atoms with Gasteiger partial charge in [0, 0.05) is 5.38 Å². The molecule has 250 valence electrons. The van der Waals surface area contributed by atoms with Crippen molar-refractivity contribution >= 4 is 61.3 Å². The molecule has 4 rings (SSSR count). The summed E-state index contributed by atoms with van der Waals surface area (Å²) in [6.45, 7) is 0.475. The third-order valence-corrected chi connectivity index (χ3v) is 7.76.